The Kier molecular flexibility index (Phi) is 3.02. The number of furan rings is 1. The van der Waals surface area contributed by atoms with Crippen molar-refractivity contribution in [2.75, 3.05) is 20.2 Å². The molecule has 0 radical (unpaired) electrons. The van der Waals surface area contributed by atoms with E-state index in [0.717, 1.165) is 6.42 Å². The molecule has 1 aromatic rings. The number of likely N-dealkylation sites (tertiary alicyclic amines) is 1. The van der Waals surface area contributed by atoms with Gasteiger partial charge in [0.2, 0.25) is 5.91 Å². The number of fused-ring (bicyclic) bond motifs is 1. The Morgan fingerprint density at radius 2 is 2.32 bits per heavy atom. The molecule has 2 fully saturated rings. The number of ether oxygens (including phenoxy) is 1. The standard InChI is InChI=1S/C13H16N2O4/c1-14-12(16)8-7-15(9-4-6-19-11(8)9)13(17)10-3-2-5-18-10/h2-3,5,8-9,11H,4,6-7H2,1H3,(H,14,16)/t8-,9+,11+/m0/s1. The van der Waals surface area contributed by atoms with Gasteiger partial charge < -0.3 is 19.4 Å². The second-order valence-electron chi connectivity index (χ2n) is 4.85. The van der Waals surface area contributed by atoms with E-state index in [1.807, 2.05) is 0 Å². The van der Waals surface area contributed by atoms with Crippen LogP contribution in [0.15, 0.2) is 22.8 Å². The fourth-order valence-corrected chi connectivity index (χ4v) is 2.96. The maximum absolute atomic E-state index is 12.4. The van der Waals surface area contributed by atoms with Crippen LogP contribution in [0.1, 0.15) is 17.0 Å². The first kappa shape index (κ1) is 12.2. The second-order valence-corrected chi connectivity index (χ2v) is 4.85. The molecule has 3 rings (SSSR count). The van der Waals surface area contributed by atoms with Crippen molar-refractivity contribution in [3.63, 3.8) is 0 Å². The van der Waals surface area contributed by atoms with Gasteiger partial charge in [-0.05, 0) is 18.6 Å². The Hall–Kier alpha value is -1.82. The minimum atomic E-state index is -0.295. The zero-order valence-corrected chi connectivity index (χ0v) is 10.7. The number of carbonyl (C=O) groups excluding carboxylic acids is 2. The molecule has 0 aliphatic carbocycles. The molecule has 6 nitrogen and oxygen atoms in total. The van der Waals surface area contributed by atoms with Crippen LogP contribution in [0.4, 0.5) is 0 Å². The van der Waals surface area contributed by atoms with Crippen molar-refractivity contribution in [3.05, 3.63) is 24.2 Å². The highest BCUT2D eigenvalue weighted by molar-refractivity contribution is 5.93. The summed E-state index contributed by atoms with van der Waals surface area (Å²) < 4.78 is 10.8. The van der Waals surface area contributed by atoms with Crippen molar-refractivity contribution < 1.29 is 18.7 Å². The molecular weight excluding hydrogens is 248 g/mol. The largest absolute Gasteiger partial charge is 0.459 e. The normalized spacial score (nSPS) is 29.3. The summed E-state index contributed by atoms with van der Waals surface area (Å²) in [6.07, 6.45) is 2.05. The predicted molar refractivity (Wildman–Crippen MR) is 65.4 cm³/mol. The van der Waals surface area contributed by atoms with Crippen LogP contribution in [0.2, 0.25) is 0 Å². The fourth-order valence-electron chi connectivity index (χ4n) is 2.96. The number of amides is 2. The van der Waals surface area contributed by atoms with Crippen LogP contribution in [0, 0.1) is 5.92 Å². The monoisotopic (exact) mass is 264 g/mol. The lowest BCUT2D eigenvalue weighted by atomic mass is 10.0. The molecular formula is C13H16N2O4. The van der Waals surface area contributed by atoms with Gasteiger partial charge in [0.05, 0.1) is 24.3 Å². The van der Waals surface area contributed by atoms with Gasteiger partial charge in [-0.15, -0.1) is 0 Å². The number of nitrogens with one attached hydrogen (secondary N) is 1. The molecule has 0 saturated carbocycles. The van der Waals surface area contributed by atoms with Crippen LogP contribution in [0.3, 0.4) is 0 Å². The summed E-state index contributed by atoms with van der Waals surface area (Å²) in [5.41, 5.74) is 0. The van der Waals surface area contributed by atoms with E-state index in [1.165, 1.54) is 6.26 Å². The van der Waals surface area contributed by atoms with Crippen LogP contribution < -0.4 is 5.32 Å². The lowest BCUT2D eigenvalue weighted by Gasteiger charge is -2.21. The van der Waals surface area contributed by atoms with Crippen molar-refractivity contribution in [2.45, 2.75) is 18.6 Å². The first-order valence-electron chi connectivity index (χ1n) is 6.40. The molecule has 0 unspecified atom stereocenters. The van der Waals surface area contributed by atoms with E-state index in [1.54, 1.807) is 24.1 Å². The Labute approximate surface area is 110 Å². The van der Waals surface area contributed by atoms with Crippen LogP contribution in [-0.2, 0) is 9.53 Å². The van der Waals surface area contributed by atoms with E-state index in [2.05, 4.69) is 5.32 Å². The van der Waals surface area contributed by atoms with Gasteiger partial charge >= 0.3 is 0 Å². The smallest absolute Gasteiger partial charge is 0.289 e. The van der Waals surface area contributed by atoms with Crippen molar-refractivity contribution in [1.29, 1.82) is 0 Å². The molecule has 102 valence electrons. The van der Waals surface area contributed by atoms with Crippen LogP contribution in [0.25, 0.3) is 0 Å². The highest BCUT2D eigenvalue weighted by Crippen LogP contribution is 2.34. The molecule has 0 spiro atoms. The van der Waals surface area contributed by atoms with Gasteiger partial charge in [-0.25, -0.2) is 0 Å². The van der Waals surface area contributed by atoms with E-state index >= 15 is 0 Å². The number of carbonyl (C=O) groups is 2. The number of hydrogen-bond acceptors (Lipinski definition) is 4. The van der Waals surface area contributed by atoms with Gasteiger partial charge in [-0.2, -0.15) is 0 Å². The van der Waals surface area contributed by atoms with Gasteiger partial charge in [0, 0.05) is 20.2 Å². The van der Waals surface area contributed by atoms with Crippen LogP contribution in [0.5, 0.6) is 0 Å². The molecule has 2 aliphatic heterocycles. The van der Waals surface area contributed by atoms with Crippen LogP contribution >= 0.6 is 0 Å². The Bertz CT molecular complexity index is 485. The highest BCUT2D eigenvalue weighted by Gasteiger charge is 2.50. The second kappa shape index (κ2) is 4.70. The molecule has 2 aliphatic rings. The highest BCUT2D eigenvalue weighted by atomic mass is 16.5. The predicted octanol–water partition coefficient (Wildman–Crippen LogP) is 0.255. The summed E-state index contributed by atoms with van der Waals surface area (Å²) in [7, 11) is 1.60. The minimum Gasteiger partial charge on any atom is -0.459 e. The van der Waals surface area contributed by atoms with Crippen molar-refractivity contribution >= 4 is 11.8 Å². The molecule has 6 heteroatoms. The third kappa shape index (κ3) is 1.92. The maximum Gasteiger partial charge on any atom is 0.289 e. The Balaban J connectivity index is 1.83. The summed E-state index contributed by atoms with van der Waals surface area (Å²) >= 11 is 0. The number of rotatable bonds is 2. The molecule has 0 aromatic carbocycles. The third-order valence-electron chi connectivity index (χ3n) is 3.87. The molecule has 19 heavy (non-hydrogen) atoms. The summed E-state index contributed by atoms with van der Waals surface area (Å²) in [5.74, 6) is -0.233. The first-order chi connectivity index (χ1) is 9.22. The molecule has 2 amide bonds. The Morgan fingerprint density at radius 3 is 3.00 bits per heavy atom. The lowest BCUT2D eigenvalue weighted by Crippen LogP contribution is -2.37. The van der Waals surface area contributed by atoms with E-state index in [4.69, 9.17) is 9.15 Å². The molecule has 3 heterocycles. The lowest BCUT2D eigenvalue weighted by molar-refractivity contribution is -0.127. The van der Waals surface area contributed by atoms with E-state index in [0.29, 0.717) is 18.9 Å². The summed E-state index contributed by atoms with van der Waals surface area (Å²) in [6, 6.07) is 3.29. The molecule has 0 bridgehead atoms. The summed E-state index contributed by atoms with van der Waals surface area (Å²) in [4.78, 5) is 25.9. The summed E-state index contributed by atoms with van der Waals surface area (Å²) in [5, 5.41) is 2.63. The molecule has 2 saturated heterocycles. The minimum absolute atomic E-state index is 0.0279. The van der Waals surface area contributed by atoms with Crippen LogP contribution in [-0.4, -0.2) is 49.1 Å². The zero-order chi connectivity index (χ0) is 13.4. The first-order valence-corrected chi connectivity index (χ1v) is 6.40. The summed E-state index contributed by atoms with van der Waals surface area (Å²) in [6.45, 7) is 0.972. The van der Waals surface area contributed by atoms with Crippen molar-refractivity contribution in [1.82, 2.24) is 10.2 Å². The van der Waals surface area contributed by atoms with Crippen molar-refractivity contribution in [2.24, 2.45) is 5.92 Å². The quantitative estimate of drug-likeness (QED) is 0.831. The van der Waals surface area contributed by atoms with E-state index < -0.39 is 0 Å². The maximum atomic E-state index is 12.4. The van der Waals surface area contributed by atoms with Gasteiger partial charge in [-0.3, -0.25) is 9.59 Å². The average Bonchev–Trinajstić information content (AvgIpc) is 3.12. The van der Waals surface area contributed by atoms with Crippen molar-refractivity contribution in [3.8, 4) is 0 Å². The zero-order valence-electron chi connectivity index (χ0n) is 10.7. The van der Waals surface area contributed by atoms with E-state index in [9.17, 15) is 9.59 Å². The van der Waals surface area contributed by atoms with E-state index in [-0.39, 0.29) is 29.9 Å². The fraction of sp³-hybridized carbons (Fsp3) is 0.538. The average molecular weight is 264 g/mol. The topological polar surface area (TPSA) is 71.8 Å². The van der Waals surface area contributed by atoms with Gasteiger partial charge in [-0.1, -0.05) is 0 Å². The molecule has 3 atom stereocenters. The third-order valence-corrected chi connectivity index (χ3v) is 3.87. The SMILES string of the molecule is CNC(=O)[C@H]1CN(C(=O)c2ccco2)[C@@H]2CCO[C@H]12. The number of hydrogen-bond donors (Lipinski definition) is 1. The molecule has 1 N–H and O–H groups in total. The van der Waals surface area contributed by atoms with Gasteiger partial charge in [0.1, 0.15) is 0 Å². The number of nitrogens with zero attached hydrogens (tertiary/aromatic N) is 1. The molecule has 1 aromatic heterocycles. The Morgan fingerprint density at radius 1 is 1.47 bits per heavy atom. The van der Waals surface area contributed by atoms with Gasteiger partial charge in [0.15, 0.2) is 5.76 Å². The van der Waals surface area contributed by atoms with Gasteiger partial charge in [0.25, 0.3) is 5.91 Å².